The van der Waals surface area contributed by atoms with Gasteiger partial charge in [-0.15, -0.1) is 0 Å². The van der Waals surface area contributed by atoms with Crippen molar-refractivity contribution in [2.75, 3.05) is 12.4 Å². The van der Waals surface area contributed by atoms with Gasteiger partial charge in [-0.25, -0.2) is 4.98 Å². The van der Waals surface area contributed by atoms with E-state index in [-0.39, 0.29) is 5.69 Å². The molecule has 5 heteroatoms. The lowest BCUT2D eigenvalue weighted by molar-refractivity contribution is -0.385. The molecule has 0 bridgehead atoms. The van der Waals surface area contributed by atoms with Gasteiger partial charge in [0.1, 0.15) is 5.82 Å². The SMILES string of the molecule is CNc1nccc([N+](=O)[O-])c1C. The van der Waals surface area contributed by atoms with Gasteiger partial charge < -0.3 is 5.32 Å². The third kappa shape index (κ3) is 1.34. The molecule has 0 fully saturated rings. The van der Waals surface area contributed by atoms with Gasteiger partial charge in [0.2, 0.25) is 0 Å². The zero-order chi connectivity index (χ0) is 9.14. The van der Waals surface area contributed by atoms with Gasteiger partial charge in [-0.05, 0) is 6.92 Å². The Balaban J connectivity index is 3.23. The van der Waals surface area contributed by atoms with E-state index in [0.29, 0.717) is 11.4 Å². The van der Waals surface area contributed by atoms with Crippen molar-refractivity contribution in [3.05, 3.63) is 27.9 Å². The monoisotopic (exact) mass is 167 g/mol. The maximum Gasteiger partial charge on any atom is 0.277 e. The largest absolute Gasteiger partial charge is 0.373 e. The fourth-order valence-electron chi connectivity index (χ4n) is 0.975. The van der Waals surface area contributed by atoms with Crippen LogP contribution in [-0.4, -0.2) is 17.0 Å². The van der Waals surface area contributed by atoms with Crippen molar-refractivity contribution < 1.29 is 4.92 Å². The number of nitrogens with zero attached hydrogens (tertiary/aromatic N) is 2. The standard InChI is InChI=1S/C7H9N3O2/c1-5-6(10(11)12)3-4-9-7(5)8-2/h3-4H,1-2H3,(H,8,9). The summed E-state index contributed by atoms with van der Waals surface area (Å²) in [7, 11) is 1.68. The molecule has 5 nitrogen and oxygen atoms in total. The van der Waals surface area contributed by atoms with Gasteiger partial charge in [-0.3, -0.25) is 10.1 Å². The fraction of sp³-hybridized carbons (Fsp3) is 0.286. The molecule has 1 N–H and O–H groups in total. The van der Waals surface area contributed by atoms with Crippen LogP contribution in [-0.2, 0) is 0 Å². The van der Waals surface area contributed by atoms with Crippen LogP contribution in [0.15, 0.2) is 12.3 Å². The molecule has 0 aliphatic rings. The lowest BCUT2D eigenvalue weighted by atomic mass is 10.2. The third-order valence-corrected chi connectivity index (χ3v) is 1.61. The number of aromatic nitrogens is 1. The van der Waals surface area contributed by atoms with Gasteiger partial charge in [0.25, 0.3) is 5.69 Å². The lowest BCUT2D eigenvalue weighted by Crippen LogP contribution is -1.99. The van der Waals surface area contributed by atoms with E-state index in [1.54, 1.807) is 14.0 Å². The van der Waals surface area contributed by atoms with Crippen molar-refractivity contribution in [1.29, 1.82) is 0 Å². The molecule has 0 aromatic carbocycles. The van der Waals surface area contributed by atoms with Crippen LogP contribution in [0.2, 0.25) is 0 Å². The highest BCUT2D eigenvalue weighted by Gasteiger charge is 2.12. The summed E-state index contributed by atoms with van der Waals surface area (Å²) in [5.41, 5.74) is 0.652. The van der Waals surface area contributed by atoms with Crippen LogP contribution in [0.3, 0.4) is 0 Å². The third-order valence-electron chi connectivity index (χ3n) is 1.61. The molecule has 0 spiro atoms. The highest BCUT2D eigenvalue weighted by Crippen LogP contribution is 2.21. The summed E-state index contributed by atoms with van der Waals surface area (Å²) in [5.74, 6) is 0.546. The van der Waals surface area contributed by atoms with E-state index in [0.717, 1.165) is 0 Å². The average Bonchev–Trinajstić information content (AvgIpc) is 2.04. The highest BCUT2D eigenvalue weighted by atomic mass is 16.6. The number of anilines is 1. The maximum absolute atomic E-state index is 10.4. The van der Waals surface area contributed by atoms with Crippen LogP contribution in [0.4, 0.5) is 11.5 Å². The van der Waals surface area contributed by atoms with Gasteiger partial charge in [-0.1, -0.05) is 0 Å². The van der Waals surface area contributed by atoms with Crippen molar-refractivity contribution in [3.8, 4) is 0 Å². The van der Waals surface area contributed by atoms with E-state index in [9.17, 15) is 10.1 Å². The Morgan fingerprint density at radius 2 is 2.33 bits per heavy atom. The van der Waals surface area contributed by atoms with E-state index in [1.165, 1.54) is 12.3 Å². The Bertz CT molecular complexity index is 312. The molecule has 1 rings (SSSR count). The van der Waals surface area contributed by atoms with Crippen molar-refractivity contribution in [1.82, 2.24) is 4.98 Å². The van der Waals surface area contributed by atoms with Gasteiger partial charge >= 0.3 is 0 Å². The smallest absolute Gasteiger partial charge is 0.277 e. The molecule has 1 heterocycles. The van der Waals surface area contributed by atoms with Gasteiger partial charge in [0, 0.05) is 19.3 Å². The summed E-state index contributed by atoms with van der Waals surface area (Å²) < 4.78 is 0. The summed E-state index contributed by atoms with van der Waals surface area (Å²) in [5, 5.41) is 13.2. The number of nitro groups is 1. The molecular formula is C7H9N3O2. The molecule has 1 aromatic rings. The first-order chi connectivity index (χ1) is 5.66. The molecule has 0 atom stereocenters. The molecule has 64 valence electrons. The summed E-state index contributed by atoms with van der Waals surface area (Å²) in [6.07, 6.45) is 1.41. The Labute approximate surface area is 69.6 Å². The van der Waals surface area contributed by atoms with Crippen molar-refractivity contribution in [2.24, 2.45) is 0 Å². The molecule has 12 heavy (non-hydrogen) atoms. The normalized spacial score (nSPS) is 9.50. The first kappa shape index (κ1) is 8.45. The first-order valence-corrected chi connectivity index (χ1v) is 3.44. The van der Waals surface area contributed by atoms with Crippen LogP contribution in [0.1, 0.15) is 5.56 Å². The summed E-state index contributed by atoms with van der Waals surface area (Å²) in [4.78, 5) is 13.9. The second-order valence-electron chi connectivity index (χ2n) is 2.31. The average molecular weight is 167 g/mol. The van der Waals surface area contributed by atoms with Gasteiger partial charge in [0.05, 0.1) is 10.5 Å². The van der Waals surface area contributed by atoms with Gasteiger partial charge in [0.15, 0.2) is 0 Å². The molecule has 0 amide bonds. The Morgan fingerprint density at radius 3 is 2.83 bits per heavy atom. The van der Waals surface area contributed by atoms with E-state index in [2.05, 4.69) is 10.3 Å². The minimum absolute atomic E-state index is 0.0920. The lowest BCUT2D eigenvalue weighted by Gasteiger charge is -2.02. The summed E-state index contributed by atoms with van der Waals surface area (Å²) in [6.45, 7) is 1.66. The molecule has 0 unspecified atom stereocenters. The number of rotatable bonds is 2. The minimum atomic E-state index is -0.419. The van der Waals surface area contributed by atoms with E-state index >= 15 is 0 Å². The van der Waals surface area contributed by atoms with Crippen LogP contribution >= 0.6 is 0 Å². The maximum atomic E-state index is 10.4. The van der Waals surface area contributed by atoms with Crippen molar-refractivity contribution >= 4 is 11.5 Å². The van der Waals surface area contributed by atoms with Crippen molar-refractivity contribution in [3.63, 3.8) is 0 Å². The first-order valence-electron chi connectivity index (χ1n) is 3.44. The molecule has 0 aliphatic carbocycles. The predicted octanol–water partition coefficient (Wildman–Crippen LogP) is 1.34. The van der Waals surface area contributed by atoms with E-state index in [4.69, 9.17) is 0 Å². The number of hydrogen-bond acceptors (Lipinski definition) is 4. The molecule has 0 saturated heterocycles. The Morgan fingerprint density at radius 1 is 1.67 bits per heavy atom. The summed E-state index contributed by atoms with van der Waals surface area (Å²) >= 11 is 0. The minimum Gasteiger partial charge on any atom is -0.373 e. The zero-order valence-electron chi connectivity index (χ0n) is 6.87. The van der Waals surface area contributed by atoms with Crippen molar-refractivity contribution in [2.45, 2.75) is 6.92 Å². The molecule has 0 aliphatic heterocycles. The summed E-state index contributed by atoms with van der Waals surface area (Å²) in [6, 6.07) is 1.39. The van der Waals surface area contributed by atoms with Crippen LogP contribution in [0, 0.1) is 17.0 Å². The van der Waals surface area contributed by atoms with Crippen LogP contribution in [0.5, 0.6) is 0 Å². The number of hydrogen-bond donors (Lipinski definition) is 1. The fourth-order valence-corrected chi connectivity index (χ4v) is 0.975. The quantitative estimate of drug-likeness (QED) is 0.533. The number of pyridine rings is 1. The van der Waals surface area contributed by atoms with Crippen LogP contribution < -0.4 is 5.32 Å². The molecule has 1 aromatic heterocycles. The zero-order valence-corrected chi connectivity index (χ0v) is 6.87. The van der Waals surface area contributed by atoms with E-state index in [1.807, 2.05) is 0 Å². The van der Waals surface area contributed by atoms with E-state index < -0.39 is 4.92 Å². The molecule has 0 radical (unpaired) electrons. The van der Waals surface area contributed by atoms with Crippen LogP contribution in [0.25, 0.3) is 0 Å². The highest BCUT2D eigenvalue weighted by molar-refractivity contribution is 5.53. The number of nitrogens with one attached hydrogen (secondary N) is 1. The second kappa shape index (κ2) is 3.17. The second-order valence-corrected chi connectivity index (χ2v) is 2.31. The Kier molecular flexibility index (Phi) is 2.23. The topological polar surface area (TPSA) is 68.1 Å². The predicted molar refractivity (Wildman–Crippen MR) is 45.2 cm³/mol. The van der Waals surface area contributed by atoms with Gasteiger partial charge in [-0.2, -0.15) is 0 Å². The molecular weight excluding hydrogens is 158 g/mol. The molecule has 0 saturated carbocycles. The Hall–Kier alpha value is -1.65.